The minimum Gasteiger partial charge on any atom is -0.497 e. The molecular formula is C17H24N2O4. The zero-order valence-corrected chi connectivity index (χ0v) is 13.7. The number of nitrogens with one attached hydrogen (secondary N) is 2. The Morgan fingerprint density at radius 3 is 2.22 bits per heavy atom. The van der Waals surface area contributed by atoms with E-state index in [0.29, 0.717) is 29.4 Å². The van der Waals surface area contributed by atoms with Gasteiger partial charge in [-0.15, -0.1) is 0 Å². The normalized spacial score (nSPS) is 14.3. The second kappa shape index (κ2) is 8.41. The summed E-state index contributed by atoms with van der Waals surface area (Å²) < 4.78 is 10.2. The Kier molecular flexibility index (Phi) is 6.26. The number of benzene rings is 1. The van der Waals surface area contributed by atoms with Crippen LogP contribution in [-0.4, -0.2) is 26.0 Å². The van der Waals surface area contributed by atoms with Crippen molar-refractivity contribution in [2.24, 2.45) is 5.92 Å². The maximum Gasteiger partial charge on any atom is 0.269 e. The molecule has 0 spiro atoms. The Bertz CT molecular complexity index is 531. The Morgan fingerprint density at radius 1 is 1.04 bits per heavy atom. The Labute approximate surface area is 136 Å². The van der Waals surface area contributed by atoms with Crippen molar-refractivity contribution >= 4 is 11.8 Å². The minimum absolute atomic E-state index is 0.167. The van der Waals surface area contributed by atoms with Crippen LogP contribution in [0.3, 0.4) is 0 Å². The minimum atomic E-state index is -0.406. The van der Waals surface area contributed by atoms with Crippen LogP contribution in [0.4, 0.5) is 0 Å². The van der Waals surface area contributed by atoms with Crippen LogP contribution in [0, 0.1) is 5.92 Å². The number of hydrogen-bond acceptors (Lipinski definition) is 4. The molecule has 1 fully saturated rings. The molecule has 0 aromatic heterocycles. The van der Waals surface area contributed by atoms with Gasteiger partial charge in [-0.3, -0.25) is 20.4 Å². The molecule has 0 bridgehead atoms. The molecule has 2 N–H and O–H groups in total. The lowest BCUT2D eigenvalue weighted by Gasteiger charge is -2.11. The molecule has 1 aliphatic carbocycles. The van der Waals surface area contributed by atoms with Crippen molar-refractivity contribution in [1.29, 1.82) is 0 Å². The van der Waals surface area contributed by atoms with Gasteiger partial charge in [-0.2, -0.15) is 0 Å². The van der Waals surface area contributed by atoms with Gasteiger partial charge in [-0.05, 0) is 24.5 Å². The van der Waals surface area contributed by atoms with Crippen LogP contribution in [0.1, 0.15) is 48.9 Å². The SMILES string of the molecule is COc1cc(OC)cc(C(=O)NNC(=O)CCC2CCCC2)c1. The summed E-state index contributed by atoms with van der Waals surface area (Å²) in [5.41, 5.74) is 5.25. The number of amides is 2. The lowest BCUT2D eigenvalue weighted by molar-refractivity contribution is -0.122. The van der Waals surface area contributed by atoms with Crippen LogP contribution in [-0.2, 0) is 4.79 Å². The highest BCUT2D eigenvalue weighted by atomic mass is 16.5. The summed E-state index contributed by atoms with van der Waals surface area (Å²) in [4.78, 5) is 23.9. The Balaban J connectivity index is 1.82. The first-order valence-corrected chi connectivity index (χ1v) is 7.94. The second-order valence-electron chi connectivity index (χ2n) is 5.79. The smallest absolute Gasteiger partial charge is 0.269 e. The molecular weight excluding hydrogens is 296 g/mol. The van der Waals surface area contributed by atoms with Gasteiger partial charge in [0.25, 0.3) is 5.91 Å². The summed E-state index contributed by atoms with van der Waals surface area (Å²) >= 11 is 0. The third-order valence-corrected chi connectivity index (χ3v) is 4.18. The molecule has 1 saturated carbocycles. The maximum absolute atomic E-state index is 12.1. The average molecular weight is 320 g/mol. The van der Waals surface area contributed by atoms with Gasteiger partial charge in [-0.25, -0.2) is 0 Å². The monoisotopic (exact) mass is 320 g/mol. The van der Waals surface area contributed by atoms with Gasteiger partial charge >= 0.3 is 0 Å². The van der Waals surface area contributed by atoms with Crippen LogP contribution in [0.15, 0.2) is 18.2 Å². The van der Waals surface area contributed by atoms with Gasteiger partial charge in [0.2, 0.25) is 5.91 Å². The van der Waals surface area contributed by atoms with Gasteiger partial charge in [0, 0.05) is 18.1 Å². The van der Waals surface area contributed by atoms with E-state index in [1.807, 2.05) is 0 Å². The third-order valence-electron chi connectivity index (χ3n) is 4.18. The van der Waals surface area contributed by atoms with Crippen molar-refractivity contribution in [2.45, 2.75) is 38.5 Å². The fourth-order valence-electron chi connectivity index (χ4n) is 2.83. The fourth-order valence-corrected chi connectivity index (χ4v) is 2.83. The first-order valence-electron chi connectivity index (χ1n) is 7.94. The fraction of sp³-hybridized carbons (Fsp3) is 0.529. The van der Waals surface area contributed by atoms with E-state index in [0.717, 1.165) is 6.42 Å². The van der Waals surface area contributed by atoms with Crippen LogP contribution in [0.25, 0.3) is 0 Å². The number of hydrogen-bond donors (Lipinski definition) is 2. The van der Waals surface area contributed by atoms with Crippen LogP contribution < -0.4 is 20.3 Å². The summed E-state index contributed by atoms with van der Waals surface area (Å²) in [6.45, 7) is 0. The van der Waals surface area contributed by atoms with E-state index in [-0.39, 0.29) is 5.91 Å². The van der Waals surface area contributed by atoms with Gasteiger partial charge in [-0.1, -0.05) is 25.7 Å². The molecule has 2 amide bonds. The molecule has 1 aromatic rings. The quantitative estimate of drug-likeness (QED) is 0.789. The number of rotatable bonds is 6. The highest BCUT2D eigenvalue weighted by molar-refractivity contribution is 5.96. The van der Waals surface area contributed by atoms with Crippen molar-refractivity contribution in [3.05, 3.63) is 23.8 Å². The van der Waals surface area contributed by atoms with E-state index in [1.54, 1.807) is 18.2 Å². The summed E-state index contributed by atoms with van der Waals surface area (Å²) in [7, 11) is 3.03. The average Bonchev–Trinajstić information content (AvgIpc) is 3.10. The summed E-state index contributed by atoms with van der Waals surface area (Å²) in [5.74, 6) is 1.11. The van der Waals surface area contributed by atoms with E-state index in [2.05, 4.69) is 10.9 Å². The van der Waals surface area contributed by atoms with Crippen molar-refractivity contribution in [3.8, 4) is 11.5 Å². The van der Waals surface area contributed by atoms with Crippen LogP contribution in [0.2, 0.25) is 0 Å². The topological polar surface area (TPSA) is 76.7 Å². The van der Waals surface area contributed by atoms with Crippen LogP contribution in [0.5, 0.6) is 11.5 Å². The summed E-state index contributed by atoms with van der Waals surface area (Å²) in [6.07, 6.45) is 6.27. The second-order valence-corrected chi connectivity index (χ2v) is 5.79. The van der Waals surface area contributed by atoms with Gasteiger partial charge in [0.15, 0.2) is 0 Å². The molecule has 0 aliphatic heterocycles. The van der Waals surface area contributed by atoms with Crippen LogP contribution >= 0.6 is 0 Å². The number of carbonyl (C=O) groups is 2. The first kappa shape index (κ1) is 17.1. The van der Waals surface area contributed by atoms with Crippen molar-refractivity contribution in [3.63, 3.8) is 0 Å². The summed E-state index contributed by atoms with van der Waals surface area (Å²) in [5, 5.41) is 0. The van der Waals surface area contributed by atoms with Gasteiger partial charge in [0.1, 0.15) is 11.5 Å². The molecule has 1 aromatic carbocycles. The number of hydrazine groups is 1. The van der Waals surface area contributed by atoms with E-state index < -0.39 is 5.91 Å². The molecule has 0 saturated heterocycles. The van der Waals surface area contributed by atoms with Gasteiger partial charge < -0.3 is 9.47 Å². The number of methoxy groups -OCH3 is 2. The number of ether oxygens (including phenoxy) is 2. The Morgan fingerprint density at radius 2 is 1.65 bits per heavy atom. The molecule has 126 valence electrons. The number of carbonyl (C=O) groups excluding carboxylic acids is 2. The zero-order valence-electron chi connectivity index (χ0n) is 13.7. The molecule has 1 aliphatic rings. The molecule has 6 nitrogen and oxygen atoms in total. The van der Waals surface area contributed by atoms with E-state index >= 15 is 0 Å². The van der Waals surface area contributed by atoms with Gasteiger partial charge in [0.05, 0.1) is 14.2 Å². The van der Waals surface area contributed by atoms with E-state index in [4.69, 9.17) is 9.47 Å². The lowest BCUT2D eigenvalue weighted by atomic mass is 10.0. The lowest BCUT2D eigenvalue weighted by Crippen LogP contribution is -2.41. The summed E-state index contributed by atoms with van der Waals surface area (Å²) in [6, 6.07) is 4.85. The molecule has 2 rings (SSSR count). The molecule has 6 heteroatoms. The highest BCUT2D eigenvalue weighted by Crippen LogP contribution is 2.28. The standard InChI is InChI=1S/C17H24N2O4/c1-22-14-9-13(10-15(11-14)23-2)17(21)19-18-16(20)8-7-12-5-3-4-6-12/h9-12H,3-8H2,1-2H3,(H,18,20)(H,19,21). The Hall–Kier alpha value is -2.24. The van der Waals surface area contributed by atoms with Crippen molar-refractivity contribution in [2.75, 3.05) is 14.2 Å². The molecule has 0 unspecified atom stereocenters. The maximum atomic E-state index is 12.1. The predicted molar refractivity (Wildman–Crippen MR) is 86.3 cm³/mol. The largest absolute Gasteiger partial charge is 0.497 e. The highest BCUT2D eigenvalue weighted by Gasteiger charge is 2.16. The van der Waals surface area contributed by atoms with Crippen molar-refractivity contribution in [1.82, 2.24) is 10.9 Å². The van der Waals surface area contributed by atoms with Crippen molar-refractivity contribution < 1.29 is 19.1 Å². The zero-order chi connectivity index (χ0) is 16.7. The molecule has 0 radical (unpaired) electrons. The molecule has 0 atom stereocenters. The predicted octanol–water partition coefficient (Wildman–Crippen LogP) is 2.44. The van der Waals surface area contributed by atoms with E-state index in [9.17, 15) is 9.59 Å². The molecule has 23 heavy (non-hydrogen) atoms. The first-order chi connectivity index (χ1) is 11.1. The van der Waals surface area contributed by atoms with E-state index in [1.165, 1.54) is 39.9 Å². The third kappa shape index (κ3) is 5.16. The molecule has 0 heterocycles.